The Kier molecular flexibility index (Phi) is 7.21. The maximum absolute atomic E-state index is 13.5. The fourth-order valence-corrected chi connectivity index (χ4v) is 4.77. The number of sulfonamides is 1. The first kappa shape index (κ1) is 25.8. The third-order valence-electron chi connectivity index (χ3n) is 5.98. The van der Waals surface area contributed by atoms with Crippen molar-refractivity contribution in [3.8, 4) is 0 Å². The Morgan fingerprint density at radius 1 is 0.892 bits per heavy atom. The Hall–Kier alpha value is -4.31. The molecule has 0 spiro atoms. The molecule has 2 amide bonds. The van der Waals surface area contributed by atoms with Gasteiger partial charge < -0.3 is 5.32 Å². The highest BCUT2D eigenvalue weighted by Crippen LogP contribution is 2.26. The van der Waals surface area contributed by atoms with Crippen LogP contribution in [0.3, 0.4) is 0 Å². The molecule has 1 aliphatic rings. The Bertz CT molecular complexity index is 1490. The second-order valence-corrected chi connectivity index (χ2v) is 10.4. The number of rotatable bonds is 7. The van der Waals surface area contributed by atoms with Crippen molar-refractivity contribution in [3.05, 3.63) is 89.5 Å². The van der Waals surface area contributed by atoms with Gasteiger partial charge in [-0.15, -0.1) is 0 Å². The molecule has 0 fully saturated rings. The zero-order valence-corrected chi connectivity index (χ0v) is 21.7. The zero-order valence-electron chi connectivity index (χ0n) is 20.9. The number of para-hydroxylation sites is 2. The van der Waals surface area contributed by atoms with Crippen LogP contribution in [0.2, 0.25) is 0 Å². The molecule has 3 aromatic carbocycles. The van der Waals surface area contributed by atoms with Gasteiger partial charge in [0.15, 0.2) is 0 Å². The molecular weight excluding hydrogens is 490 g/mol. The highest BCUT2D eigenvalue weighted by molar-refractivity contribution is 7.89. The summed E-state index contributed by atoms with van der Waals surface area (Å²) >= 11 is 0. The van der Waals surface area contributed by atoms with Gasteiger partial charge in [0.1, 0.15) is 11.6 Å². The van der Waals surface area contributed by atoms with E-state index in [1.165, 1.54) is 17.1 Å². The minimum Gasteiger partial charge on any atom is -0.320 e. The Morgan fingerprint density at radius 3 is 2.14 bits per heavy atom. The molecule has 0 bridgehead atoms. The van der Waals surface area contributed by atoms with Crippen LogP contribution >= 0.6 is 0 Å². The molecule has 0 aliphatic carbocycles. The summed E-state index contributed by atoms with van der Waals surface area (Å²) < 4.78 is 25.9. The van der Waals surface area contributed by atoms with Crippen molar-refractivity contribution in [1.82, 2.24) is 4.83 Å². The molecule has 9 nitrogen and oxygen atoms in total. The normalized spacial score (nSPS) is 15.9. The number of benzene rings is 3. The number of hydrogen-bond donors (Lipinski definition) is 2. The Balaban J connectivity index is 1.72. The van der Waals surface area contributed by atoms with E-state index in [9.17, 15) is 18.0 Å². The second-order valence-electron chi connectivity index (χ2n) is 8.79. The van der Waals surface area contributed by atoms with E-state index in [1.807, 2.05) is 45.0 Å². The highest BCUT2D eigenvalue weighted by Gasteiger charge is 2.41. The molecule has 10 heteroatoms. The van der Waals surface area contributed by atoms with Gasteiger partial charge in [-0.2, -0.15) is 28.5 Å². The first-order valence-electron chi connectivity index (χ1n) is 11.6. The van der Waals surface area contributed by atoms with Crippen LogP contribution in [-0.4, -0.2) is 31.7 Å². The number of aryl methyl sites for hydroxylation is 3. The topological polar surface area (TPSA) is 120 Å². The van der Waals surface area contributed by atoms with Crippen LogP contribution in [0.4, 0.5) is 11.4 Å². The Morgan fingerprint density at radius 2 is 1.51 bits per heavy atom. The third-order valence-corrected chi connectivity index (χ3v) is 7.20. The van der Waals surface area contributed by atoms with Gasteiger partial charge in [0.05, 0.1) is 16.3 Å². The van der Waals surface area contributed by atoms with Crippen LogP contribution in [0.25, 0.3) is 0 Å². The molecule has 2 N–H and O–H groups in total. The number of anilines is 2. The molecule has 4 rings (SSSR count). The molecule has 1 heterocycles. The van der Waals surface area contributed by atoms with Gasteiger partial charge in [0.25, 0.3) is 21.8 Å². The van der Waals surface area contributed by atoms with Gasteiger partial charge >= 0.3 is 0 Å². The molecule has 0 unspecified atom stereocenters. The summed E-state index contributed by atoms with van der Waals surface area (Å²) in [5.41, 5.74) is 3.57. The highest BCUT2D eigenvalue weighted by atomic mass is 32.2. The number of amides is 2. The fraction of sp³-hybridized carbons (Fsp3) is 0.185. The number of hydrazone groups is 2. The average Bonchev–Trinajstić information content (AvgIpc) is 3.16. The SMILES string of the molecule is CC1=NN(c2ccccc2)C(=O)[C@H]1C(=NNS(=O)(=O)c1ccc(C)cc1)C(=O)Nc1c(C)cccc1C. The van der Waals surface area contributed by atoms with E-state index in [0.717, 1.165) is 16.7 Å². The van der Waals surface area contributed by atoms with E-state index in [4.69, 9.17) is 0 Å². The van der Waals surface area contributed by atoms with Crippen LogP contribution in [0.5, 0.6) is 0 Å². The number of nitrogens with one attached hydrogen (secondary N) is 2. The lowest BCUT2D eigenvalue weighted by Gasteiger charge is -2.17. The minimum atomic E-state index is -4.11. The number of carbonyl (C=O) groups excluding carboxylic acids is 2. The van der Waals surface area contributed by atoms with Crippen LogP contribution in [0.15, 0.2) is 87.9 Å². The monoisotopic (exact) mass is 517 g/mol. The lowest BCUT2D eigenvalue weighted by molar-refractivity contribution is -0.119. The first-order valence-corrected chi connectivity index (χ1v) is 13.0. The van der Waals surface area contributed by atoms with Gasteiger partial charge in [-0.05, 0) is 63.1 Å². The van der Waals surface area contributed by atoms with Crippen LogP contribution in [0.1, 0.15) is 23.6 Å². The summed E-state index contributed by atoms with van der Waals surface area (Å²) in [5, 5.41) is 12.3. The summed E-state index contributed by atoms with van der Waals surface area (Å²) in [6.45, 7) is 7.11. The van der Waals surface area contributed by atoms with Crippen LogP contribution in [0, 0.1) is 26.7 Å². The lowest BCUT2D eigenvalue weighted by Crippen LogP contribution is -2.41. The van der Waals surface area contributed by atoms with Gasteiger partial charge in [-0.3, -0.25) is 9.59 Å². The van der Waals surface area contributed by atoms with E-state index in [-0.39, 0.29) is 10.6 Å². The molecule has 190 valence electrons. The van der Waals surface area contributed by atoms with Crippen LogP contribution in [-0.2, 0) is 19.6 Å². The van der Waals surface area contributed by atoms with E-state index >= 15 is 0 Å². The lowest BCUT2D eigenvalue weighted by atomic mass is 9.97. The van der Waals surface area contributed by atoms with E-state index in [2.05, 4.69) is 20.4 Å². The van der Waals surface area contributed by atoms with Crippen molar-refractivity contribution in [2.45, 2.75) is 32.6 Å². The van der Waals surface area contributed by atoms with Crippen molar-refractivity contribution in [3.63, 3.8) is 0 Å². The summed E-state index contributed by atoms with van der Waals surface area (Å²) in [7, 11) is -4.11. The number of hydrogen-bond acceptors (Lipinski definition) is 6. The molecule has 37 heavy (non-hydrogen) atoms. The van der Waals surface area contributed by atoms with Crippen molar-refractivity contribution < 1.29 is 18.0 Å². The molecule has 0 saturated heterocycles. The summed E-state index contributed by atoms with van der Waals surface area (Å²) in [6.07, 6.45) is 0. The minimum absolute atomic E-state index is 0.0228. The van der Waals surface area contributed by atoms with Gasteiger partial charge in [0.2, 0.25) is 0 Å². The fourth-order valence-electron chi connectivity index (χ4n) is 3.95. The van der Waals surface area contributed by atoms with Crippen molar-refractivity contribution in [2.75, 3.05) is 10.3 Å². The van der Waals surface area contributed by atoms with Crippen molar-refractivity contribution in [2.24, 2.45) is 16.1 Å². The smallest absolute Gasteiger partial charge is 0.276 e. The standard InChI is InChI=1S/C27H27N5O4S/c1-17-13-15-22(16-14-17)37(35,36)31-29-25(26(33)28-24-18(2)9-8-10-19(24)3)23-20(4)30-32(27(23)34)21-11-6-5-7-12-21/h5-16,23,31H,1-4H3,(H,28,33)/t23-/m1/s1. The summed E-state index contributed by atoms with van der Waals surface area (Å²) in [4.78, 5) is 29.1. The molecule has 0 saturated carbocycles. The molecule has 0 radical (unpaired) electrons. The zero-order chi connectivity index (χ0) is 26.7. The number of nitrogens with zero attached hydrogens (tertiary/aromatic N) is 3. The largest absolute Gasteiger partial charge is 0.320 e. The van der Waals surface area contributed by atoms with Crippen molar-refractivity contribution >= 4 is 44.6 Å². The predicted octanol–water partition coefficient (Wildman–Crippen LogP) is 3.92. The third kappa shape index (κ3) is 5.44. The van der Waals surface area contributed by atoms with E-state index in [0.29, 0.717) is 17.1 Å². The maximum atomic E-state index is 13.5. The van der Waals surface area contributed by atoms with E-state index < -0.39 is 27.8 Å². The second kappa shape index (κ2) is 10.4. The van der Waals surface area contributed by atoms with Crippen LogP contribution < -0.4 is 15.2 Å². The van der Waals surface area contributed by atoms with Gasteiger partial charge in [-0.25, -0.2) is 0 Å². The quantitative estimate of drug-likeness (QED) is 0.364. The molecule has 3 aromatic rings. The van der Waals surface area contributed by atoms with Crippen molar-refractivity contribution in [1.29, 1.82) is 0 Å². The summed E-state index contributed by atoms with van der Waals surface area (Å²) in [6, 6.07) is 20.5. The molecule has 1 aliphatic heterocycles. The maximum Gasteiger partial charge on any atom is 0.276 e. The summed E-state index contributed by atoms with van der Waals surface area (Å²) in [5.74, 6) is -2.43. The molecular formula is C27H27N5O4S. The Labute approximate surface area is 215 Å². The van der Waals surface area contributed by atoms with Gasteiger partial charge in [0, 0.05) is 5.69 Å². The average molecular weight is 518 g/mol. The molecule has 0 aromatic heterocycles. The predicted molar refractivity (Wildman–Crippen MR) is 144 cm³/mol. The van der Waals surface area contributed by atoms with Gasteiger partial charge in [-0.1, -0.05) is 54.1 Å². The molecule has 1 atom stereocenters. The number of carbonyl (C=O) groups is 2. The first-order chi connectivity index (χ1) is 17.6. The van der Waals surface area contributed by atoms with E-state index in [1.54, 1.807) is 43.3 Å².